The summed E-state index contributed by atoms with van der Waals surface area (Å²) in [5.41, 5.74) is -0.121. The Morgan fingerprint density at radius 1 is 1.17 bits per heavy atom. The number of piperidine rings is 1. The molecule has 2 heterocycles. The van der Waals surface area contributed by atoms with Crippen LogP contribution in [0.2, 0.25) is 0 Å². The summed E-state index contributed by atoms with van der Waals surface area (Å²) >= 11 is 0. The largest absolute Gasteiger partial charge is 0.324 e. The van der Waals surface area contributed by atoms with Gasteiger partial charge in [-0.2, -0.15) is 0 Å². The molecule has 0 spiro atoms. The third kappa shape index (κ3) is 3.27. The highest BCUT2D eigenvalue weighted by molar-refractivity contribution is 5.89. The minimum Gasteiger partial charge on any atom is -0.324 e. The molecule has 1 fully saturated rings. The molecule has 0 aliphatic carbocycles. The Morgan fingerprint density at radius 2 is 1.83 bits per heavy atom. The molecule has 9 heteroatoms. The quantitative estimate of drug-likeness (QED) is 0.863. The van der Waals surface area contributed by atoms with Gasteiger partial charge in [0.2, 0.25) is 0 Å². The van der Waals surface area contributed by atoms with Crippen molar-refractivity contribution in [3.63, 3.8) is 0 Å². The highest BCUT2D eigenvalue weighted by Crippen LogP contribution is 2.22. The zero-order valence-corrected chi connectivity index (χ0v) is 12.0. The second-order valence-electron chi connectivity index (χ2n) is 5.29. The van der Waals surface area contributed by atoms with Crippen molar-refractivity contribution in [1.82, 2.24) is 19.9 Å². The van der Waals surface area contributed by atoms with E-state index >= 15 is 0 Å². The van der Waals surface area contributed by atoms with Crippen molar-refractivity contribution in [2.24, 2.45) is 0 Å². The second kappa shape index (κ2) is 6.27. The highest BCUT2D eigenvalue weighted by atomic mass is 19.2. The average Bonchev–Trinajstić information content (AvgIpc) is 3.07. The van der Waals surface area contributed by atoms with Gasteiger partial charge in [-0.25, -0.2) is 22.6 Å². The molecular formula is C14H14F3N5O. The molecule has 0 saturated carbocycles. The number of amides is 2. The van der Waals surface area contributed by atoms with E-state index in [0.717, 1.165) is 12.1 Å². The van der Waals surface area contributed by atoms with E-state index in [9.17, 15) is 18.0 Å². The molecule has 122 valence electrons. The minimum absolute atomic E-state index is 0.121. The van der Waals surface area contributed by atoms with E-state index in [2.05, 4.69) is 15.6 Å². The van der Waals surface area contributed by atoms with Gasteiger partial charge in [-0.1, -0.05) is 5.21 Å². The van der Waals surface area contributed by atoms with E-state index in [4.69, 9.17) is 0 Å². The summed E-state index contributed by atoms with van der Waals surface area (Å²) in [4.78, 5) is 13.6. The Bertz CT molecular complexity index is 675. The van der Waals surface area contributed by atoms with Gasteiger partial charge in [0.1, 0.15) is 0 Å². The lowest BCUT2D eigenvalue weighted by molar-refractivity contribution is 0.179. The van der Waals surface area contributed by atoms with Crippen LogP contribution in [0.25, 0.3) is 0 Å². The number of carbonyl (C=O) groups is 1. The van der Waals surface area contributed by atoms with Crippen LogP contribution in [-0.2, 0) is 0 Å². The first-order valence-electron chi connectivity index (χ1n) is 7.11. The predicted molar refractivity (Wildman–Crippen MR) is 75.2 cm³/mol. The maximum atomic E-state index is 13.1. The Kier molecular flexibility index (Phi) is 4.18. The lowest BCUT2D eigenvalue weighted by atomic mass is 10.1. The lowest BCUT2D eigenvalue weighted by Gasteiger charge is -2.31. The van der Waals surface area contributed by atoms with Crippen molar-refractivity contribution in [2.75, 3.05) is 18.4 Å². The van der Waals surface area contributed by atoms with Crippen molar-refractivity contribution < 1.29 is 18.0 Å². The Hall–Kier alpha value is -2.58. The summed E-state index contributed by atoms with van der Waals surface area (Å²) in [6.45, 7) is 0.949. The molecule has 1 N–H and O–H groups in total. The lowest BCUT2D eigenvalue weighted by Crippen LogP contribution is -2.41. The van der Waals surface area contributed by atoms with Crippen LogP contribution in [0, 0.1) is 17.5 Å². The Morgan fingerprint density at radius 3 is 2.39 bits per heavy atom. The van der Waals surface area contributed by atoms with Crippen molar-refractivity contribution in [3.05, 3.63) is 42.0 Å². The number of hydrogen-bond donors (Lipinski definition) is 1. The molecule has 3 rings (SSSR count). The molecule has 0 bridgehead atoms. The van der Waals surface area contributed by atoms with Crippen LogP contribution in [0.4, 0.5) is 23.7 Å². The molecule has 0 atom stereocenters. The molecule has 1 aliphatic heterocycles. The van der Waals surface area contributed by atoms with E-state index in [1.807, 2.05) is 0 Å². The number of nitrogens with one attached hydrogen (secondary N) is 1. The molecule has 2 aromatic rings. The zero-order chi connectivity index (χ0) is 16.4. The smallest absolute Gasteiger partial charge is 0.321 e. The minimum atomic E-state index is -1.56. The number of aromatic nitrogens is 3. The third-order valence-electron chi connectivity index (χ3n) is 3.80. The van der Waals surface area contributed by atoms with Gasteiger partial charge < -0.3 is 10.2 Å². The Labute approximate surface area is 129 Å². The Balaban J connectivity index is 1.60. The van der Waals surface area contributed by atoms with Gasteiger partial charge in [0, 0.05) is 37.1 Å². The monoisotopic (exact) mass is 325 g/mol. The van der Waals surface area contributed by atoms with Gasteiger partial charge in [-0.3, -0.25) is 0 Å². The second-order valence-corrected chi connectivity index (χ2v) is 5.29. The van der Waals surface area contributed by atoms with Crippen molar-refractivity contribution in [1.29, 1.82) is 0 Å². The van der Waals surface area contributed by atoms with Gasteiger partial charge in [0.15, 0.2) is 17.5 Å². The number of nitrogens with zero attached hydrogens (tertiary/aromatic N) is 4. The number of rotatable bonds is 2. The standard InChI is InChI=1S/C14H14F3N5O/c15-11-7-9(8-12(16)13(11)17)19-14(23)21-4-1-10(2-5-21)22-6-3-18-20-22/h3,6-8,10H,1-2,4-5H2,(H,19,23). The third-order valence-corrected chi connectivity index (χ3v) is 3.80. The molecule has 6 nitrogen and oxygen atoms in total. The van der Waals surface area contributed by atoms with Crippen LogP contribution in [0.3, 0.4) is 0 Å². The number of anilines is 1. The van der Waals surface area contributed by atoms with Crippen molar-refractivity contribution >= 4 is 11.7 Å². The molecule has 0 radical (unpaired) electrons. The topological polar surface area (TPSA) is 63.1 Å². The first kappa shape index (κ1) is 15.3. The van der Waals surface area contributed by atoms with Crippen LogP contribution in [0.5, 0.6) is 0 Å². The summed E-state index contributed by atoms with van der Waals surface area (Å²) in [5.74, 6) is -4.24. The molecule has 1 aliphatic rings. The maximum Gasteiger partial charge on any atom is 0.321 e. The van der Waals surface area contributed by atoms with Crippen LogP contribution in [0.1, 0.15) is 18.9 Å². The molecule has 1 saturated heterocycles. The number of likely N-dealkylation sites (tertiary alicyclic amines) is 1. The highest BCUT2D eigenvalue weighted by Gasteiger charge is 2.24. The SMILES string of the molecule is O=C(Nc1cc(F)c(F)c(F)c1)N1CCC(n2ccnn2)CC1. The zero-order valence-electron chi connectivity index (χ0n) is 12.0. The fraction of sp³-hybridized carbons (Fsp3) is 0.357. The van der Waals surface area contributed by atoms with E-state index < -0.39 is 23.5 Å². The fourth-order valence-electron chi connectivity index (χ4n) is 2.58. The van der Waals surface area contributed by atoms with E-state index in [1.165, 1.54) is 4.90 Å². The van der Waals surface area contributed by atoms with Crippen molar-refractivity contribution in [3.8, 4) is 0 Å². The average molecular weight is 325 g/mol. The predicted octanol–water partition coefficient (Wildman–Crippen LogP) is 2.56. The van der Waals surface area contributed by atoms with Crippen LogP contribution < -0.4 is 5.32 Å². The van der Waals surface area contributed by atoms with Gasteiger partial charge in [-0.15, -0.1) is 5.10 Å². The fourth-order valence-corrected chi connectivity index (χ4v) is 2.58. The molecule has 1 aromatic heterocycles. The number of benzene rings is 1. The normalized spacial score (nSPS) is 15.7. The van der Waals surface area contributed by atoms with E-state index in [0.29, 0.717) is 25.9 Å². The van der Waals surface area contributed by atoms with Crippen LogP contribution in [0.15, 0.2) is 24.5 Å². The van der Waals surface area contributed by atoms with E-state index in [1.54, 1.807) is 17.1 Å². The molecule has 23 heavy (non-hydrogen) atoms. The summed E-state index contributed by atoms with van der Waals surface area (Å²) in [5, 5.41) is 10.1. The van der Waals surface area contributed by atoms with E-state index in [-0.39, 0.29) is 11.7 Å². The number of urea groups is 1. The van der Waals surface area contributed by atoms with Gasteiger partial charge in [0.05, 0.1) is 12.2 Å². The van der Waals surface area contributed by atoms with Gasteiger partial charge in [-0.05, 0) is 12.8 Å². The van der Waals surface area contributed by atoms with Gasteiger partial charge in [0.25, 0.3) is 0 Å². The summed E-state index contributed by atoms with van der Waals surface area (Å²) < 4.78 is 40.9. The summed E-state index contributed by atoms with van der Waals surface area (Å²) in [6.07, 6.45) is 4.76. The molecular weight excluding hydrogens is 311 g/mol. The number of hydrogen-bond acceptors (Lipinski definition) is 3. The maximum absolute atomic E-state index is 13.1. The number of carbonyl (C=O) groups excluding carboxylic acids is 1. The van der Waals surface area contributed by atoms with Crippen LogP contribution >= 0.6 is 0 Å². The molecule has 2 amide bonds. The van der Waals surface area contributed by atoms with Crippen molar-refractivity contribution in [2.45, 2.75) is 18.9 Å². The first-order valence-corrected chi connectivity index (χ1v) is 7.11. The first-order chi connectivity index (χ1) is 11.0. The van der Waals surface area contributed by atoms with Gasteiger partial charge >= 0.3 is 6.03 Å². The summed E-state index contributed by atoms with van der Waals surface area (Å²) in [7, 11) is 0. The molecule has 1 aromatic carbocycles. The summed E-state index contributed by atoms with van der Waals surface area (Å²) in [6, 6.07) is 1.19. The number of halogens is 3. The van der Waals surface area contributed by atoms with Crippen LogP contribution in [-0.4, -0.2) is 39.0 Å². The molecule has 0 unspecified atom stereocenters.